The number of benzene rings is 3. The van der Waals surface area contributed by atoms with Gasteiger partial charge in [0.2, 0.25) is 5.43 Å². The number of phenolic OH excluding ortho intramolecular Hbond substituents is 1. The van der Waals surface area contributed by atoms with E-state index in [4.69, 9.17) is 82.6 Å². The molecule has 8 rings (SSSR count). The summed E-state index contributed by atoms with van der Waals surface area (Å²) in [6.45, 7) is 6.66. The van der Waals surface area contributed by atoms with E-state index in [0.717, 1.165) is 6.42 Å². The van der Waals surface area contributed by atoms with Crippen LogP contribution in [0.25, 0.3) is 33.4 Å². The molecule has 0 bridgehead atoms. The van der Waals surface area contributed by atoms with E-state index >= 15 is 0 Å². The summed E-state index contributed by atoms with van der Waals surface area (Å²) in [5.41, 5.74) is 37.2. The average molecular weight is 1450 g/mol. The molecule has 0 amide bonds. The van der Waals surface area contributed by atoms with Crippen molar-refractivity contribution in [1.29, 1.82) is 0 Å². The minimum absolute atomic E-state index is 0. The van der Waals surface area contributed by atoms with Crippen molar-refractivity contribution in [1.82, 2.24) is 0 Å². The second-order valence-electron chi connectivity index (χ2n) is 19.5. The van der Waals surface area contributed by atoms with Crippen molar-refractivity contribution in [3.63, 3.8) is 0 Å². The summed E-state index contributed by atoms with van der Waals surface area (Å²) >= 11 is 13.2. The molecule has 19 atom stereocenters. The molecule has 0 aromatic heterocycles. The number of fused-ring (bicyclic) bond motifs is 2. The fourth-order valence-electron chi connectivity index (χ4n) is 8.91. The molecule has 27 nitrogen and oxygen atoms in total. The molecule has 3 saturated heterocycles. The second-order valence-corrected chi connectivity index (χ2v) is 22.8. The van der Waals surface area contributed by atoms with E-state index in [1.807, 2.05) is 6.92 Å². The van der Waals surface area contributed by atoms with Crippen LogP contribution in [0.1, 0.15) is 50.9 Å². The summed E-state index contributed by atoms with van der Waals surface area (Å²) in [4.78, 5) is 24.3. The Balaban J connectivity index is 0.000000381. The zero-order valence-corrected chi connectivity index (χ0v) is 54.3. The quantitative estimate of drug-likeness (QED) is 0.0473. The maximum atomic E-state index is 12.4. The predicted molar refractivity (Wildman–Crippen MR) is 310 cm³/mol. The molecule has 2 aliphatic carbocycles. The molecule has 83 heavy (non-hydrogen) atoms. The monoisotopic (exact) mass is 1450 g/mol. The number of aromatic carboxylic acids is 1. The zero-order chi connectivity index (χ0) is 61.8. The van der Waals surface area contributed by atoms with Crippen LogP contribution in [0.15, 0.2) is 63.5 Å². The number of aliphatic hydroxyl groups is 10. The van der Waals surface area contributed by atoms with Gasteiger partial charge >= 0.3 is 35.5 Å². The van der Waals surface area contributed by atoms with Crippen molar-refractivity contribution in [3.05, 3.63) is 70.1 Å². The molecule has 6 aliphatic rings. The Morgan fingerprint density at radius 2 is 1.17 bits per heavy atom. The van der Waals surface area contributed by atoms with E-state index in [1.54, 1.807) is 51.1 Å². The number of hydrogen-bond acceptors (Lipinski definition) is 26. The van der Waals surface area contributed by atoms with E-state index in [-0.39, 0.29) is 98.8 Å². The molecule has 2 aromatic rings. The molecule has 24 N–H and O–H groups in total. The molecule has 0 unspecified atom stereocenters. The normalized spacial score (nSPS) is 32.2. The third-order valence-electron chi connectivity index (χ3n) is 13.0. The molecule has 32 heteroatoms. The Kier molecular flexibility index (Phi) is 31.9. The first-order chi connectivity index (χ1) is 38.6. The van der Waals surface area contributed by atoms with Gasteiger partial charge in [0.05, 0.1) is 39.3 Å². The van der Waals surface area contributed by atoms with Gasteiger partial charge in [-0.1, -0.05) is 25.1 Å². The molecular formula is C51H76Br4N6NaO21+. The third-order valence-corrected chi connectivity index (χ3v) is 15.7. The van der Waals surface area contributed by atoms with Crippen molar-refractivity contribution in [2.75, 3.05) is 32.9 Å². The van der Waals surface area contributed by atoms with Crippen molar-refractivity contribution in [3.8, 4) is 28.2 Å². The van der Waals surface area contributed by atoms with Crippen LogP contribution in [0.3, 0.4) is 0 Å². The molecule has 4 fully saturated rings. The van der Waals surface area contributed by atoms with Gasteiger partial charge in [-0.05, 0) is 121 Å². The molecule has 0 radical (unpaired) electrons. The molecule has 464 valence electrons. The van der Waals surface area contributed by atoms with Crippen molar-refractivity contribution >= 4 is 80.7 Å². The van der Waals surface area contributed by atoms with Gasteiger partial charge in [-0.15, -0.1) is 0 Å². The molecule has 1 saturated carbocycles. The van der Waals surface area contributed by atoms with Gasteiger partial charge in [-0.3, -0.25) is 4.79 Å². The Labute approximate surface area is 533 Å². The summed E-state index contributed by atoms with van der Waals surface area (Å²) in [5.74, 6) is -0.921. The summed E-state index contributed by atoms with van der Waals surface area (Å²) in [7, 11) is 0. The third kappa shape index (κ3) is 18.3. The number of hydrogen-bond donors (Lipinski definition) is 18. The van der Waals surface area contributed by atoms with Crippen LogP contribution in [-0.2, 0) is 28.4 Å². The minimum atomic E-state index is -1.60. The number of carboxylic acid groups (broad SMARTS) is 1. The number of nitrogens with two attached hydrogens (primary N) is 6. The van der Waals surface area contributed by atoms with Gasteiger partial charge in [-0.25, -0.2) is 4.79 Å². The second kappa shape index (κ2) is 35.0. The number of aromatic hydroxyl groups is 1. The topological polar surface area (TPSA) is 502 Å². The number of rotatable bonds is 12. The average Bonchev–Trinajstić information content (AvgIpc) is 3.33. The number of ether oxygens (including phenoxy) is 6. The Morgan fingerprint density at radius 1 is 0.687 bits per heavy atom. The van der Waals surface area contributed by atoms with Gasteiger partial charge in [-0.2, -0.15) is 0 Å². The van der Waals surface area contributed by atoms with Gasteiger partial charge in [0.25, 0.3) is 0 Å². The first-order valence-corrected chi connectivity index (χ1v) is 29.0. The Bertz CT molecular complexity index is 2690. The number of carboxylic acids is 1. The van der Waals surface area contributed by atoms with Crippen LogP contribution in [0, 0.1) is 0 Å². The van der Waals surface area contributed by atoms with Gasteiger partial charge in [0.15, 0.2) is 30.2 Å². The van der Waals surface area contributed by atoms with Crippen molar-refractivity contribution < 1.29 is 128 Å². The first-order valence-electron chi connectivity index (χ1n) is 25.8. The van der Waals surface area contributed by atoms with Crippen molar-refractivity contribution in [2.45, 2.75) is 163 Å². The first kappa shape index (κ1) is 75.7. The largest absolute Gasteiger partial charge is 1.00 e. The Hall–Kier alpha value is -1.56. The number of carbonyl (C=O) groups is 1. The number of aliphatic hydroxyl groups excluding tert-OH is 10. The maximum absolute atomic E-state index is 12.4. The van der Waals surface area contributed by atoms with E-state index in [1.165, 1.54) is 6.07 Å². The summed E-state index contributed by atoms with van der Waals surface area (Å²) in [5, 5.41) is 117. The maximum Gasteiger partial charge on any atom is 1.00 e. The molecule has 4 aliphatic heterocycles. The van der Waals surface area contributed by atoms with Gasteiger partial charge in [0, 0.05) is 61.0 Å². The van der Waals surface area contributed by atoms with E-state index in [9.17, 15) is 55.5 Å². The van der Waals surface area contributed by atoms with E-state index in [0.29, 0.717) is 37.6 Å². The fourth-order valence-corrected chi connectivity index (χ4v) is 11.3. The Morgan fingerprint density at radius 3 is 1.65 bits per heavy atom. The van der Waals surface area contributed by atoms with Crippen LogP contribution in [0.4, 0.5) is 0 Å². The van der Waals surface area contributed by atoms with Crippen LogP contribution in [0.2, 0.25) is 0 Å². The summed E-state index contributed by atoms with van der Waals surface area (Å²) in [6.07, 6.45) is -19.1. The molecule has 2 aromatic carbocycles. The van der Waals surface area contributed by atoms with Crippen molar-refractivity contribution in [2.24, 2.45) is 34.4 Å². The van der Waals surface area contributed by atoms with Crippen LogP contribution in [-0.4, -0.2) is 223 Å². The SMILES string of the molecule is CC(C)O.CCCO.CCO.NC[C@@H]1O[C@H](O[C@H]2[C@@H](O)[C@H](O[C@@H]3[C@@H](O)[C@H](N)C[C@H](N)[C@H]3O[C@H]3O[C@H](CN)[C@@H](O)[C@H](O)[C@H]3N)O[C@@H]2CO)[C@H](N)[C@@H](O)[C@@H]1O.O=C(O)c1ccccc1-c1c2cc(Br)c(=O)c(Br)c-2oc2c(Br)c(O)c(Br)cc12.[Na+]. The van der Waals surface area contributed by atoms with E-state index in [2.05, 4.69) is 63.7 Å². The van der Waals surface area contributed by atoms with Gasteiger partial charge in [0.1, 0.15) is 81.8 Å². The predicted octanol–water partition coefficient (Wildman–Crippen LogP) is -4.10. The van der Waals surface area contributed by atoms with Gasteiger partial charge < -0.3 is 129 Å². The fraction of sp³-hybridized carbons (Fsp3) is 0.608. The standard InChI is InChI=1S/C23H46N6O13.C20H8Br4O5.2C3H8O.C2H6O.Na/c24-2-7-13(32)15(34)10(28)21(37-7)40-18-6(27)1-5(26)12(31)20(18)42-23-17(36)19(9(4-30)39-23)41-22-11(29)16(35)14(33)8(3-25)38-22;21-11-5-9-13(7-3-1-2-4-8(7)20(27)28)10-6-12(22)17(26)15(24)19(10)29-18(9)14(23)16(11)25;1-3(2)4;1-2-3-4;1-2-3;/h5-23,30-36H,1-4,24-29H2;1-6,25H,(H,27,28);3-4H,1-2H3;4H,2-3H2,1H3;3H,2H2,1H3;/q;;;;;+1/t5-,6+,7-,8+,9-,10-,11-,12+,13-,14-,15-,16-,17-,18-,19-,20-,21-,22-,23+;;;;;/m1...../s1. The number of phenols is 1. The molecule has 0 spiro atoms. The minimum Gasteiger partial charge on any atom is -0.505 e. The summed E-state index contributed by atoms with van der Waals surface area (Å²) < 4.78 is 41.8. The van der Waals surface area contributed by atoms with Crippen LogP contribution < -0.4 is 69.4 Å². The molecule has 4 heterocycles. The molecular weight excluding hydrogens is 1380 g/mol. The smallest absolute Gasteiger partial charge is 0.505 e. The van der Waals surface area contributed by atoms with E-state index < -0.39 is 129 Å². The van der Waals surface area contributed by atoms with Crippen LogP contribution >= 0.6 is 63.7 Å². The van der Waals surface area contributed by atoms with Crippen LogP contribution in [0.5, 0.6) is 5.75 Å². The zero-order valence-electron chi connectivity index (χ0n) is 46.0. The number of halogens is 4. The summed E-state index contributed by atoms with van der Waals surface area (Å²) in [6, 6.07) is 5.66.